The van der Waals surface area contributed by atoms with Crippen molar-refractivity contribution in [1.29, 1.82) is 0 Å². The molecule has 1 amide bonds. The van der Waals surface area contributed by atoms with Crippen LogP contribution in [0.15, 0.2) is 67.2 Å². The molecule has 1 N–H and O–H groups in total. The average molecular weight is 453 g/mol. The minimum Gasteiger partial charge on any atom is -0.408 e. The summed E-state index contributed by atoms with van der Waals surface area (Å²) in [5.41, 5.74) is 3.12. The monoisotopic (exact) mass is 452 g/mol. The number of nitrogens with zero attached hydrogens (tertiary/aromatic N) is 3. The predicted octanol–water partition coefficient (Wildman–Crippen LogP) is 4.00. The molecule has 0 saturated carbocycles. The quantitative estimate of drug-likeness (QED) is 0.404. The Bertz CT molecular complexity index is 1300. The minimum atomic E-state index is -0.408. The maximum absolute atomic E-state index is 13.0. The van der Waals surface area contributed by atoms with Crippen LogP contribution in [0.5, 0.6) is 0 Å². The van der Waals surface area contributed by atoms with Crippen molar-refractivity contribution >= 4 is 34.5 Å². The van der Waals surface area contributed by atoms with Crippen molar-refractivity contribution < 1.29 is 13.7 Å². The molecule has 8 nitrogen and oxygen atoms in total. The summed E-state index contributed by atoms with van der Waals surface area (Å²) in [6, 6.07) is 14.5. The van der Waals surface area contributed by atoms with Crippen LogP contribution in [-0.2, 0) is 12.3 Å². The van der Waals surface area contributed by atoms with Crippen LogP contribution in [0.1, 0.15) is 21.8 Å². The van der Waals surface area contributed by atoms with Crippen molar-refractivity contribution in [2.24, 2.45) is 0 Å². The van der Waals surface area contributed by atoms with E-state index in [-0.39, 0.29) is 5.91 Å². The zero-order chi connectivity index (χ0) is 22.7. The third kappa shape index (κ3) is 4.95. The van der Waals surface area contributed by atoms with E-state index in [2.05, 4.69) is 10.5 Å². The van der Waals surface area contributed by atoms with Crippen molar-refractivity contribution in [3.63, 3.8) is 0 Å². The first kappa shape index (κ1) is 21.9. The summed E-state index contributed by atoms with van der Waals surface area (Å²) < 4.78 is 12.2. The fraction of sp³-hybridized carbons (Fsp3) is 0.261. The summed E-state index contributed by atoms with van der Waals surface area (Å²) in [6.07, 6.45) is 0. The van der Waals surface area contributed by atoms with E-state index in [0.717, 1.165) is 16.3 Å². The lowest BCUT2D eigenvalue weighted by Gasteiger charge is -2.11. The summed E-state index contributed by atoms with van der Waals surface area (Å²) in [5, 5.41) is 6.84. The number of carbonyl (C=O) groups excluding carboxylic acids is 1. The SMILES string of the molecule is Cc1cc(CSc2ccccc2C(=O)Nc2ccc3oc(=O)n(CCN(C)C)c3c2)on1. The highest BCUT2D eigenvalue weighted by Gasteiger charge is 2.15. The van der Waals surface area contributed by atoms with Gasteiger partial charge in [-0.1, -0.05) is 17.3 Å². The maximum Gasteiger partial charge on any atom is 0.419 e. The van der Waals surface area contributed by atoms with Crippen LogP contribution >= 0.6 is 11.8 Å². The summed E-state index contributed by atoms with van der Waals surface area (Å²) >= 11 is 1.51. The lowest BCUT2D eigenvalue weighted by molar-refractivity contribution is 0.102. The van der Waals surface area contributed by atoms with Crippen LogP contribution in [-0.4, -0.2) is 41.2 Å². The fourth-order valence-electron chi connectivity index (χ4n) is 3.26. The number of aromatic nitrogens is 2. The summed E-state index contributed by atoms with van der Waals surface area (Å²) in [7, 11) is 3.88. The van der Waals surface area contributed by atoms with Gasteiger partial charge in [0.2, 0.25) is 0 Å². The molecule has 0 aliphatic heterocycles. The molecule has 0 aliphatic carbocycles. The summed E-state index contributed by atoms with van der Waals surface area (Å²) in [4.78, 5) is 28.1. The summed E-state index contributed by atoms with van der Waals surface area (Å²) in [6.45, 7) is 3.06. The first-order valence-electron chi connectivity index (χ1n) is 10.1. The molecule has 2 aromatic carbocycles. The Morgan fingerprint density at radius 1 is 1.19 bits per heavy atom. The Morgan fingerprint density at radius 2 is 2.00 bits per heavy atom. The molecule has 0 bridgehead atoms. The van der Waals surface area contributed by atoms with Crippen molar-refractivity contribution in [1.82, 2.24) is 14.6 Å². The van der Waals surface area contributed by atoms with E-state index in [9.17, 15) is 9.59 Å². The molecule has 4 rings (SSSR count). The van der Waals surface area contributed by atoms with Crippen molar-refractivity contribution in [2.45, 2.75) is 24.1 Å². The molecule has 4 aromatic rings. The van der Waals surface area contributed by atoms with Gasteiger partial charge in [0.25, 0.3) is 5.91 Å². The molecule has 0 radical (unpaired) electrons. The van der Waals surface area contributed by atoms with Crippen LogP contribution in [0.25, 0.3) is 11.1 Å². The van der Waals surface area contributed by atoms with E-state index >= 15 is 0 Å². The Kier molecular flexibility index (Phi) is 6.48. The van der Waals surface area contributed by atoms with Crippen LogP contribution < -0.4 is 11.1 Å². The van der Waals surface area contributed by atoms with Gasteiger partial charge < -0.3 is 19.2 Å². The van der Waals surface area contributed by atoms with E-state index < -0.39 is 5.76 Å². The van der Waals surface area contributed by atoms with Gasteiger partial charge in [0.05, 0.1) is 22.5 Å². The average Bonchev–Trinajstić information content (AvgIpc) is 3.32. The lowest BCUT2D eigenvalue weighted by atomic mass is 10.2. The number of nitrogens with one attached hydrogen (secondary N) is 1. The fourth-order valence-corrected chi connectivity index (χ4v) is 4.19. The van der Waals surface area contributed by atoms with Gasteiger partial charge in [-0.05, 0) is 51.4 Å². The van der Waals surface area contributed by atoms with Gasteiger partial charge in [-0.15, -0.1) is 11.8 Å². The molecule has 0 aliphatic rings. The third-order valence-corrected chi connectivity index (χ3v) is 5.97. The second-order valence-corrected chi connectivity index (χ2v) is 8.70. The van der Waals surface area contributed by atoms with Gasteiger partial charge in [-0.3, -0.25) is 9.36 Å². The molecule has 0 saturated heterocycles. The number of likely N-dealkylation sites (N-methyl/N-ethyl adjacent to an activating group) is 1. The molecule has 2 heterocycles. The summed E-state index contributed by atoms with van der Waals surface area (Å²) in [5.74, 6) is 0.690. The minimum absolute atomic E-state index is 0.230. The maximum atomic E-state index is 13.0. The molecule has 166 valence electrons. The number of oxazole rings is 1. The van der Waals surface area contributed by atoms with E-state index in [1.807, 2.05) is 50.2 Å². The van der Waals surface area contributed by atoms with Gasteiger partial charge in [-0.2, -0.15) is 0 Å². The number of aryl methyl sites for hydroxylation is 1. The number of hydrogen-bond acceptors (Lipinski definition) is 7. The van der Waals surface area contributed by atoms with E-state index in [1.54, 1.807) is 28.8 Å². The molecule has 32 heavy (non-hydrogen) atoms. The second-order valence-electron chi connectivity index (χ2n) is 7.68. The van der Waals surface area contributed by atoms with E-state index in [0.29, 0.717) is 41.2 Å². The van der Waals surface area contributed by atoms with Gasteiger partial charge in [0, 0.05) is 29.7 Å². The first-order chi connectivity index (χ1) is 15.4. The number of hydrogen-bond donors (Lipinski definition) is 1. The molecule has 0 unspecified atom stereocenters. The van der Waals surface area contributed by atoms with E-state index in [1.165, 1.54) is 11.8 Å². The number of carbonyl (C=O) groups is 1. The van der Waals surface area contributed by atoms with Crippen LogP contribution in [0, 0.1) is 6.92 Å². The standard InChI is InChI=1S/C23H24N4O4S/c1-15-12-17(31-25-15)14-32-21-7-5-4-6-18(21)22(28)24-16-8-9-20-19(13-16)27(23(29)30-20)11-10-26(2)3/h4-9,12-13H,10-11,14H2,1-3H3,(H,24,28). The molecular weight excluding hydrogens is 428 g/mol. The third-order valence-electron chi connectivity index (χ3n) is 4.87. The Hall–Kier alpha value is -3.30. The number of benzene rings is 2. The Morgan fingerprint density at radius 3 is 2.75 bits per heavy atom. The zero-order valence-corrected chi connectivity index (χ0v) is 18.9. The predicted molar refractivity (Wildman–Crippen MR) is 124 cm³/mol. The molecule has 9 heteroatoms. The van der Waals surface area contributed by atoms with Crippen LogP contribution in [0.2, 0.25) is 0 Å². The smallest absolute Gasteiger partial charge is 0.408 e. The molecule has 0 fully saturated rings. The Labute approximate surface area is 189 Å². The number of thioether (sulfide) groups is 1. The Balaban J connectivity index is 1.53. The normalized spacial score (nSPS) is 11.4. The van der Waals surface area contributed by atoms with Gasteiger partial charge in [0.15, 0.2) is 5.58 Å². The van der Waals surface area contributed by atoms with Crippen molar-refractivity contribution in [3.05, 3.63) is 76.1 Å². The second kappa shape index (κ2) is 9.46. The van der Waals surface area contributed by atoms with Crippen molar-refractivity contribution in [2.75, 3.05) is 26.0 Å². The largest absolute Gasteiger partial charge is 0.419 e. The van der Waals surface area contributed by atoms with Gasteiger partial charge in [0.1, 0.15) is 5.76 Å². The van der Waals surface area contributed by atoms with Gasteiger partial charge >= 0.3 is 5.76 Å². The first-order valence-corrected chi connectivity index (χ1v) is 11.1. The molecule has 0 atom stereocenters. The van der Waals surface area contributed by atoms with E-state index in [4.69, 9.17) is 8.94 Å². The highest BCUT2D eigenvalue weighted by atomic mass is 32.2. The van der Waals surface area contributed by atoms with Crippen LogP contribution in [0.3, 0.4) is 0 Å². The molecule has 2 aromatic heterocycles. The number of anilines is 1. The van der Waals surface area contributed by atoms with Crippen molar-refractivity contribution in [3.8, 4) is 0 Å². The topological polar surface area (TPSA) is 93.5 Å². The van der Waals surface area contributed by atoms with Gasteiger partial charge in [-0.25, -0.2) is 4.79 Å². The van der Waals surface area contributed by atoms with Crippen LogP contribution in [0.4, 0.5) is 5.69 Å². The highest BCUT2D eigenvalue weighted by molar-refractivity contribution is 7.98. The number of amides is 1. The lowest BCUT2D eigenvalue weighted by Crippen LogP contribution is -2.23. The molecular formula is C23H24N4O4S. The number of rotatable bonds is 8. The highest BCUT2D eigenvalue weighted by Crippen LogP contribution is 2.27. The molecule has 0 spiro atoms. The zero-order valence-electron chi connectivity index (χ0n) is 18.1. The number of fused-ring (bicyclic) bond motifs is 1.